The van der Waals surface area contributed by atoms with E-state index >= 15 is 0 Å². The molecule has 128 valence electrons. The Balaban J connectivity index is 1.67. The fourth-order valence-electron chi connectivity index (χ4n) is 3.50. The molecule has 0 radical (unpaired) electrons. The zero-order chi connectivity index (χ0) is 16.9. The SMILES string of the molecule is CC(=O)N(Cc1cccnc1)C1CCCN(Cc2cccn2C)C1. The van der Waals surface area contributed by atoms with Gasteiger partial charge in [-0.1, -0.05) is 6.07 Å². The van der Waals surface area contributed by atoms with Gasteiger partial charge in [0.05, 0.1) is 0 Å². The Labute approximate surface area is 143 Å². The van der Waals surface area contributed by atoms with Gasteiger partial charge in [0.1, 0.15) is 0 Å². The maximum Gasteiger partial charge on any atom is 0.220 e. The summed E-state index contributed by atoms with van der Waals surface area (Å²) >= 11 is 0. The van der Waals surface area contributed by atoms with Crippen molar-refractivity contribution in [1.29, 1.82) is 0 Å². The maximum atomic E-state index is 12.2. The average Bonchev–Trinajstić information content (AvgIpc) is 2.98. The van der Waals surface area contributed by atoms with Crippen LogP contribution in [-0.4, -0.2) is 44.4 Å². The molecule has 0 N–H and O–H groups in total. The van der Waals surface area contributed by atoms with Crippen molar-refractivity contribution in [2.45, 2.75) is 38.9 Å². The summed E-state index contributed by atoms with van der Waals surface area (Å²) in [7, 11) is 2.08. The van der Waals surface area contributed by atoms with Gasteiger partial charge in [-0.15, -0.1) is 0 Å². The molecule has 1 amide bonds. The van der Waals surface area contributed by atoms with Gasteiger partial charge in [0.25, 0.3) is 0 Å². The molecule has 5 nitrogen and oxygen atoms in total. The number of carbonyl (C=O) groups is 1. The standard InChI is InChI=1S/C19H26N4O/c1-16(24)23(13-17-6-3-9-20-12-17)19-8-5-11-22(15-19)14-18-7-4-10-21(18)2/h3-4,6-7,9-10,12,19H,5,8,11,13-15H2,1-2H3. The number of hydrogen-bond donors (Lipinski definition) is 0. The molecule has 1 aliphatic rings. The lowest BCUT2D eigenvalue weighted by atomic mass is 10.0. The van der Waals surface area contributed by atoms with Crippen molar-refractivity contribution in [3.8, 4) is 0 Å². The highest BCUT2D eigenvalue weighted by Crippen LogP contribution is 2.20. The number of aromatic nitrogens is 2. The van der Waals surface area contributed by atoms with E-state index in [0.717, 1.165) is 38.0 Å². The predicted octanol–water partition coefficient (Wildman–Crippen LogP) is 2.43. The molecule has 5 heteroatoms. The zero-order valence-corrected chi connectivity index (χ0v) is 14.6. The molecule has 0 aromatic carbocycles. The summed E-state index contributed by atoms with van der Waals surface area (Å²) in [6, 6.07) is 8.49. The second-order valence-corrected chi connectivity index (χ2v) is 6.65. The zero-order valence-electron chi connectivity index (χ0n) is 14.6. The van der Waals surface area contributed by atoms with Crippen molar-refractivity contribution in [2.24, 2.45) is 7.05 Å². The predicted molar refractivity (Wildman–Crippen MR) is 94.2 cm³/mol. The smallest absolute Gasteiger partial charge is 0.220 e. The van der Waals surface area contributed by atoms with Crippen molar-refractivity contribution in [1.82, 2.24) is 19.4 Å². The summed E-state index contributed by atoms with van der Waals surface area (Å²) in [5, 5.41) is 0. The Morgan fingerprint density at radius 1 is 1.38 bits per heavy atom. The van der Waals surface area contributed by atoms with Crippen LogP contribution in [0.1, 0.15) is 31.0 Å². The normalized spacial score (nSPS) is 18.5. The third kappa shape index (κ3) is 4.03. The molecular formula is C19H26N4O. The Morgan fingerprint density at radius 3 is 2.92 bits per heavy atom. The molecule has 0 spiro atoms. The van der Waals surface area contributed by atoms with Gasteiger partial charge in [-0.3, -0.25) is 14.7 Å². The average molecular weight is 326 g/mol. The van der Waals surface area contributed by atoms with E-state index in [1.165, 1.54) is 5.69 Å². The van der Waals surface area contributed by atoms with E-state index in [-0.39, 0.29) is 11.9 Å². The van der Waals surface area contributed by atoms with Crippen LogP contribution in [0.2, 0.25) is 0 Å². The minimum atomic E-state index is 0.143. The van der Waals surface area contributed by atoms with Gasteiger partial charge in [-0.2, -0.15) is 0 Å². The molecule has 1 saturated heterocycles. The molecular weight excluding hydrogens is 300 g/mol. The van der Waals surface area contributed by atoms with E-state index in [1.807, 2.05) is 23.2 Å². The van der Waals surface area contributed by atoms with E-state index in [0.29, 0.717) is 6.54 Å². The van der Waals surface area contributed by atoms with Crippen molar-refractivity contribution in [3.05, 3.63) is 54.1 Å². The number of carbonyl (C=O) groups excluding carboxylic acids is 1. The lowest BCUT2D eigenvalue weighted by Crippen LogP contribution is -2.49. The summed E-state index contributed by atoms with van der Waals surface area (Å²) in [4.78, 5) is 20.8. The van der Waals surface area contributed by atoms with Crippen LogP contribution in [0.5, 0.6) is 0 Å². The lowest BCUT2D eigenvalue weighted by Gasteiger charge is -2.39. The van der Waals surface area contributed by atoms with E-state index in [2.05, 4.69) is 39.8 Å². The molecule has 3 heterocycles. The largest absolute Gasteiger partial charge is 0.353 e. The molecule has 1 aliphatic heterocycles. The highest BCUT2D eigenvalue weighted by Gasteiger charge is 2.27. The summed E-state index contributed by atoms with van der Waals surface area (Å²) in [6.45, 7) is 5.29. The number of aryl methyl sites for hydroxylation is 1. The first kappa shape index (κ1) is 16.7. The van der Waals surface area contributed by atoms with Crippen molar-refractivity contribution < 1.29 is 4.79 Å². The summed E-state index contributed by atoms with van der Waals surface area (Å²) in [6.07, 6.45) is 7.90. The molecule has 0 saturated carbocycles. The molecule has 0 bridgehead atoms. The Hall–Kier alpha value is -2.14. The first-order valence-electron chi connectivity index (χ1n) is 8.62. The number of nitrogens with zero attached hydrogens (tertiary/aromatic N) is 4. The maximum absolute atomic E-state index is 12.2. The molecule has 24 heavy (non-hydrogen) atoms. The molecule has 1 fully saturated rings. The lowest BCUT2D eigenvalue weighted by molar-refractivity contribution is -0.133. The van der Waals surface area contributed by atoms with Crippen molar-refractivity contribution in [2.75, 3.05) is 13.1 Å². The van der Waals surface area contributed by atoms with E-state index in [9.17, 15) is 4.79 Å². The summed E-state index contributed by atoms with van der Waals surface area (Å²) < 4.78 is 2.17. The Morgan fingerprint density at radius 2 is 2.25 bits per heavy atom. The van der Waals surface area contributed by atoms with Gasteiger partial charge < -0.3 is 9.47 Å². The van der Waals surface area contributed by atoms with Crippen LogP contribution in [0.4, 0.5) is 0 Å². The van der Waals surface area contributed by atoms with E-state index < -0.39 is 0 Å². The van der Waals surface area contributed by atoms with Crippen LogP contribution in [0.3, 0.4) is 0 Å². The number of rotatable bonds is 5. The third-order valence-corrected chi connectivity index (χ3v) is 4.84. The van der Waals surface area contributed by atoms with Gasteiger partial charge in [0, 0.05) is 63.9 Å². The number of piperidine rings is 1. The minimum Gasteiger partial charge on any atom is -0.353 e. The number of likely N-dealkylation sites (tertiary alicyclic amines) is 1. The van der Waals surface area contributed by atoms with E-state index in [4.69, 9.17) is 0 Å². The Bertz CT molecular complexity index is 667. The van der Waals surface area contributed by atoms with Crippen LogP contribution in [0.25, 0.3) is 0 Å². The topological polar surface area (TPSA) is 41.4 Å². The second kappa shape index (κ2) is 7.62. The van der Waals surface area contributed by atoms with Crippen LogP contribution < -0.4 is 0 Å². The highest BCUT2D eigenvalue weighted by atomic mass is 16.2. The monoisotopic (exact) mass is 326 g/mol. The van der Waals surface area contributed by atoms with Crippen LogP contribution in [0, 0.1) is 0 Å². The quantitative estimate of drug-likeness (QED) is 0.847. The van der Waals surface area contributed by atoms with Crippen LogP contribution in [0.15, 0.2) is 42.9 Å². The number of amides is 1. The molecule has 1 atom stereocenters. The first-order chi connectivity index (χ1) is 11.6. The van der Waals surface area contributed by atoms with Crippen LogP contribution in [-0.2, 0) is 24.9 Å². The van der Waals surface area contributed by atoms with Gasteiger partial charge in [-0.05, 0) is 43.1 Å². The molecule has 1 unspecified atom stereocenters. The van der Waals surface area contributed by atoms with Gasteiger partial charge in [0.15, 0.2) is 0 Å². The van der Waals surface area contributed by atoms with E-state index in [1.54, 1.807) is 13.1 Å². The second-order valence-electron chi connectivity index (χ2n) is 6.65. The third-order valence-electron chi connectivity index (χ3n) is 4.84. The molecule has 3 rings (SSSR count). The van der Waals surface area contributed by atoms with Gasteiger partial charge in [-0.25, -0.2) is 0 Å². The van der Waals surface area contributed by atoms with Crippen molar-refractivity contribution >= 4 is 5.91 Å². The van der Waals surface area contributed by atoms with Crippen molar-refractivity contribution in [3.63, 3.8) is 0 Å². The number of pyridine rings is 1. The van der Waals surface area contributed by atoms with Gasteiger partial charge >= 0.3 is 0 Å². The fourth-order valence-corrected chi connectivity index (χ4v) is 3.50. The molecule has 2 aromatic heterocycles. The van der Waals surface area contributed by atoms with Crippen LogP contribution >= 0.6 is 0 Å². The van der Waals surface area contributed by atoms with Gasteiger partial charge in [0.2, 0.25) is 5.91 Å². The molecule has 0 aliphatic carbocycles. The minimum absolute atomic E-state index is 0.143. The molecule has 2 aromatic rings. The Kier molecular flexibility index (Phi) is 5.30. The highest BCUT2D eigenvalue weighted by molar-refractivity contribution is 5.73. The number of hydrogen-bond acceptors (Lipinski definition) is 3. The first-order valence-corrected chi connectivity index (χ1v) is 8.62. The summed E-state index contributed by atoms with van der Waals surface area (Å²) in [5.41, 5.74) is 2.41. The fraction of sp³-hybridized carbons (Fsp3) is 0.474. The summed E-state index contributed by atoms with van der Waals surface area (Å²) in [5.74, 6) is 0.143.